The maximum absolute atomic E-state index is 12.5. The molecular weight excluding hydrogens is 408 g/mol. The van der Waals surface area contributed by atoms with Gasteiger partial charge in [0.1, 0.15) is 37.0 Å². The molecule has 2 aromatic heterocycles. The van der Waals surface area contributed by atoms with Gasteiger partial charge in [-0.3, -0.25) is 0 Å². The molecule has 0 spiro atoms. The molecule has 0 amide bonds. The van der Waals surface area contributed by atoms with Gasteiger partial charge in [-0.2, -0.15) is 0 Å². The summed E-state index contributed by atoms with van der Waals surface area (Å²) in [5, 5.41) is 6.13. The van der Waals surface area contributed by atoms with Gasteiger partial charge in [0.05, 0.1) is 4.90 Å². The number of nitrogens with one attached hydrogen (secondary N) is 3. The average Bonchev–Trinajstić information content (AvgIpc) is 2.77. The van der Waals surface area contributed by atoms with E-state index in [1.54, 1.807) is 18.3 Å². The van der Waals surface area contributed by atoms with Crippen molar-refractivity contribution in [1.29, 1.82) is 0 Å². The summed E-state index contributed by atoms with van der Waals surface area (Å²) in [5.74, 6) is 2.76. The van der Waals surface area contributed by atoms with Crippen molar-refractivity contribution < 1.29 is 17.9 Å². The summed E-state index contributed by atoms with van der Waals surface area (Å²) >= 11 is 0. The Morgan fingerprint density at radius 2 is 1.70 bits per heavy atom. The number of nitrogens with zero attached hydrogens (tertiary/aromatic N) is 3. The van der Waals surface area contributed by atoms with Crippen molar-refractivity contribution in [2.24, 2.45) is 0 Å². The first-order valence-corrected chi connectivity index (χ1v) is 10.7. The first-order chi connectivity index (χ1) is 14.6. The standard InChI is InChI=1S/C19H20N6O4S/c26-30(27,14-4-5-15-16(11-14)29-10-9-28-15)24-8-7-21-18-12-19(23-13-22-18)25-17-3-1-2-6-20-17/h1-6,11-13,24H,7-10H2,(H2,20,21,22,23,25). The minimum atomic E-state index is -3.68. The van der Waals surface area contributed by atoms with E-state index < -0.39 is 10.0 Å². The van der Waals surface area contributed by atoms with E-state index in [9.17, 15) is 8.42 Å². The first-order valence-electron chi connectivity index (χ1n) is 9.23. The van der Waals surface area contributed by atoms with E-state index in [2.05, 4.69) is 30.3 Å². The summed E-state index contributed by atoms with van der Waals surface area (Å²) in [6.07, 6.45) is 3.09. The number of rotatable bonds is 8. The molecule has 11 heteroatoms. The minimum absolute atomic E-state index is 0.121. The van der Waals surface area contributed by atoms with E-state index in [-0.39, 0.29) is 11.4 Å². The highest BCUT2D eigenvalue weighted by Gasteiger charge is 2.18. The Labute approximate surface area is 173 Å². The van der Waals surface area contributed by atoms with E-state index in [4.69, 9.17) is 9.47 Å². The zero-order valence-corrected chi connectivity index (χ0v) is 16.7. The summed E-state index contributed by atoms with van der Waals surface area (Å²) in [7, 11) is -3.68. The lowest BCUT2D eigenvalue weighted by Crippen LogP contribution is -2.29. The van der Waals surface area contributed by atoms with Crippen LogP contribution in [0.4, 0.5) is 17.5 Å². The van der Waals surface area contributed by atoms with Crippen molar-refractivity contribution in [2.45, 2.75) is 4.90 Å². The highest BCUT2D eigenvalue weighted by atomic mass is 32.2. The van der Waals surface area contributed by atoms with E-state index in [1.807, 2.05) is 18.2 Å². The minimum Gasteiger partial charge on any atom is -0.486 e. The fourth-order valence-electron chi connectivity index (χ4n) is 2.74. The maximum Gasteiger partial charge on any atom is 0.240 e. The number of hydrogen-bond donors (Lipinski definition) is 3. The highest BCUT2D eigenvalue weighted by Crippen LogP contribution is 2.32. The van der Waals surface area contributed by atoms with Gasteiger partial charge in [0.2, 0.25) is 10.0 Å². The van der Waals surface area contributed by atoms with Crippen LogP contribution in [0.5, 0.6) is 11.5 Å². The maximum atomic E-state index is 12.5. The summed E-state index contributed by atoms with van der Waals surface area (Å²) in [6, 6.07) is 11.8. The molecule has 3 heterocycles. The molecule has 0 radical (unpaired) electrons. The number of hydrogen-bond acceptors (Lipinski definition) is 9. The van der Waals surface area contributed by atoms with Gasteiger partial charge < -0.3 is 20.1 Å². The van der Waals surface area contributed by atoms with Gasteiger partial charge in [-0.25, -0.2) is 28.1 Å². The van der Waals surface area contributed by atoms with Crippen LogP contribution in [0.3, 0.4) is 0 Å². The van der Waals surface area contributed by atoms with Gasteiger partial charge in [-0.1, -0.05) is 6.07 Å². The van der Waals surface area contributed by atoms with Crippen LogP contribution in [0.15, 0.2) is 59.9 Å². The average molecular weight is 428 g/mol. The zero-order chi connectivity index (χ0) is 20.8. The Hall–Kier alpha value is -3.44. The third-order valence-electron chi connectivity index (χ3n) is 4.14. The summed E-state index contributed by atoms with van der Waals surface area (Å²) in [5.41, 5.74) is 0. The molecule has 0 bridgehead atoms. The fraction of sp³-hybridized carbons (Fsp3) is 0.211. The van der Waals surface area contributed by atoms with Crippen molar-refractivity contribution in [3.05, 3.63) is 55.0 Å². The number of anilines is 3. The van der Waals surface area contributed by atoms with E-state index in [0.29, 0.717) is 48.7 Å². The van der Waals surface area contributed by atoms with E-state index >= 15 is 0 Å². The third kappa shape index (κ3) is 4.93. The van der Waals surface area contributed by atoms with Gasteiger partial charge >= 0.3 is 0 Å². The number of fused-ring (bicyclic) bond motifs is 1. The molecule has 0 fully saturated rings. The summed E-state index contributed by atoms with van der Waals surface area (Å²) in [4.78, 5) is 12.6. The Bertz CT molecular complexity index is 1110. The monoisotopic (exact) mass is 428 g/mol. The van der Waals surface area contributed by atoms with Crippen molar-refractivity contribution in [3.63, 3.8) is 0 Å². The Morgan fingerprint density at radius 1 is 0.867 bits per heavy atom. The molecule has 1 aromatic carbocycles. The molecule has 1 aliphatic heterocycles. The van der Waals surface area contributed by atoms with Crippen LogP contribution < -0.4 is 24.8 Å². The quantitative estimate of drug-likeness (QED) is 0.460. The Morgan fingerprint density at radius 3 is 2.53 bits per heavy atom. The number of ether oxygens (including phenoxy) is 2. The number of pyridine rings is 1. The third-order valence-corrected chi connectivity index (χ3v) is 5.59. The van der Waals surface area contributed by atoms with Crippen molar-refractivity contribution >= 4 is 27.5 Å². The number of benzene rings is 1. The lowest BCUT2D eigenvalue weighted by atomic mass is 10.3. The van der Waals surface area contributed by atoms with Crippen molar-refractivity contribution in [1.82, 2.24) is 19.7 Å². The van der Waals surface area contributed by atoms with Crippen LogP contribution in [0.1, 0.15) is 0 Å². The smallest absolute Gasteiger partial charge is 0.240 e. The molecule has 1 aliphatic rings. The second kappa shape index (κ2) is 8.93. The first kappa shape index (κ1) is 19.9. The van der Waals surface area contributed by atoms with Crippen LogP contribution in [-0.4, -0.2) is 49.7 Å². The molecule has 156 valence electrons. The molecule has 3 N–H and O–H groups in total. The van der Waals surface area contributed by atoms with Crippen LogP contribution in [0.2, 0.25) is 0 Å². The van der Waals surface area contributed by atoms with Gasteiger partial charge in [-0.15, -0.1) is 0 Å². The molecule has 10 nitrogen and oxygen atoms in total. The molecule has 0 aliphatic carbocycles. The Kier molecular flexibility index (Phi) is 5.91. The topological polar surface area (TPSA) is 127 Å². The van der Waals surface area contributed by atoms with Crippen LogP contribution in [0, 0.1) is 0 Å². The summed E-state index contributed by atoms with van der Waals surface area (Å²) < 4.78 is 38.4. The molecule has 4 rings (SSSR count). The van der Waals surface area contributed by atoms with Gasteiger partial charge in [-0.05, 0) is 24.3 Å². The van der Waals surface area contributed by atoms with Gasteiger partial charge in [0, 0.05) is 31.4 Å². The zero-order valence-electron chi connectivity index (χ0n) is 15.9. The van der Waals surface area contributed by atoms with Crippen LogP contribution >= 0.6 is 0 Å². The molecule has 30 heavy (non-hydrogen) atoms. The normalized spacial score (nSPS) is 12.9. The second-order valence-corrected chi connectivity index (χ2v) is 8.03. The molecular formula is C19H20N6O4S. The van der Waals surface area contributed by atoms with Crippen LogP contribution in [-0.2, 0) is 10.0 Å². The fourth-order valence-corrected chi connectivity index (χ4v) is 3.79. The predicted molar refractivity (Wildman–Crippen MR) is 111 cm³/mol. The van der Waals surface area contributed by atoms with Crippen molar-refractivity contribution in [3.8, 4) is 11.5 Å². The number of aromatic nitrogens is 3. The SMILES string of the molecule is O=S(=O)(NCCNc1cc(Nc2ccccn2)ncn1)c1ccc2c(c1)OCCO2. The van der Waals surface area contributed by atoms with Crippen molar-refractivity contribution in [2.75, 3.05) is 36.9 Å². The lowest BCUT2D eigenvalue weighted by Gasteiger charge is -2.19. The molecule has 0 unspecified atom stereocenters. The van der Waals surface area contributed by atoms with E-state index in [1.165, 1.54) is 18.5 Å². The summed E-state index contributed by atoms with van der Waals surface area (Å²) in [6.45, 7) is 1.35. The molecule has 0 saturated carbocycles. The largest absolute Gasteiger partial charge is 0.486 e. The van der Waals surface area contributed by atoms with Gasteiger partial charge in [0.15, 0.2) is 11.5 Å². The number of sulfonamides is 1. The van der Waals surface area contributed by atoms with Crippen LogP contribution in [0.25, 0.3) is 0 Å². The predicted octanol–water partition coefficient (Wildman–Crippen LogP) is 1.78. The highest BCUT2D eigenvalue weighted by molar-refractivity contribution is 7.89. The second-order valence-electron chi connectivity index (χ2n) is 6.26. The van der Waals surface area contributed by atoms with Gasteiger partial charge in [0.25, 0.3) is 0 Å². The molecule has 0 atom stereocenters. The molecule has 0 saturated heterocycles. The lowest BCUT2D eigenvalue weighted by molar-refractivity contribution is 0.171. The van der Waals surface area contributed by atoms with E-state index in [0.717, 1.165) is 0 Å². The Balaban J connectivity index is 1.31. The molecule has 3 aromatic rings.